The van der Waals surface area contributed by atoms with Crippen molar-refractivity contribution in [3.05, 3.63) is 78.5 Å². The summed E-state index contributed by atoms with van der Waals surface area (Å²) < 4.78 is 1.21. The molecule has 0 unspecified atom stereocenters. The number of aromatic amines is 3. The second-order valence-electron chi connectivity index (χ2n) is 7.24. The minimum Gasteiger partial charge on any atom is -0.322 e. The van der Waals surface area contributed by atoms with Crippen molar-refractivity contribution in [2.24, 2.45) is 0 Å². The standard InChI is InChI=1S/C23H16N6OS/c30-23(25-17-6-3-5-14(9-17)22-27-29-28-22)15-8-16-12-24-26-21(16)18(10-15)20-11-13-4-1-2-7-19(13)31-20/h1-12,29H,(H,24,26)(H,25,30)(H,27,28). The lowest BCUT2D eigenvalue weighted by Crippen LogP contribution is -2.12. The summed E-state index contributed by atoms with van der Waals surface area (Å²) >= 11 is 1.70. The Balaban J connectivity index is 1.39. The molecular weight excluding hydrogens is 408 g/mol. The average molecular weight is 424 g/mol. The SMILES string of the molecule is O=C(Nc1cccc(-c2n[nH][nH]2)c1)c1cc(-c2cc3ccccc3s2)c2[nH]ncc2c1. The third-order valence-corrected chi connectivity index (χ3v) is 6.39. The van der Waals surface area contributed by atoms with E-state index in [-0.39, 0.29) is 5.91 Å². The molecule has 0 saturated carbocycles. The van der Waals surface area contributed by atoms with Crippen molar-refractivity contribution >= 4 is 43.9 Å². The molecule has 0 aliphatic rings. The third kappa shape index (κ3) is 3.10. The number of amides is 1. The molecule has 1 amide bonds. The fourth-order valence-electron chi connectivity index (χ4n) is 3.69. The van der Waals surface area contributed by atoms with E-state index < -0.39 is 0 Å². The molecule has 0 fully saturated rings. The minimum absolute atomic E-state index is 0.177. The molecule has 6 aromatic rings. The highest BCUT2D eigenvalue weighted by molar-refractivity contribution is 7.22. The summed E-state index contributed by atoms with van der Waals surface area (Å²) in [6, 6.07) is 21.8. The first-order valence-corrected chi connectivity index (χ1v) is 10.5. The first kappa shape index (κ1) is 17.7. The van der Waals surface area contributed by atoms with Gasteiger partial charge < -0.3 is 5.32 Å². The first-order chi connectivity index (χ1) is 15.2. The maximum absolute atomic E-state index is 13.1. The van der Waals surface area contributed by atoms with E-state index in [1.54, 1.807) is 17.5 Å². The number of fused-ring (bicyclic) bond motifs is 2. The Hall–Kier alpha value is -4.17. The molecule has 0 radical (unpaired) electrons. The second kappa shape index (κ2) is 6.96. The molecule has 0 atom stereocenters. The van der Waals surface area contributed by atoms with E-state index in [2.05, 4.69) is 49.1 Å². The van der Waals surface area contributed by atoms with Crippen LogP contribution in [0.25, 0.3) is 42.8 Å². The second-order valence-corrected chi connectivity index (χ2v) is 8.32. The number of benzene rings is 3. The van der Waals surface area contributed by atoms with Crippen LogP contribution in [0.15, 0.2) is 72.9 Å². The molecule has 31 heavy (non-hydrogen) atoms. The number of hydrogen-bond donors (Lipinski definition) is 4. The summed E-state index contributed by atoms with van der Waals surface area (Å²) in [4.78, 5) is 14.2. The van der Waals surface area contributed by atoms with Crippen molar-refractivity contribution in [1.29, 1.82) is 0 Å². The smallest absolute Gasteiger partial charge is 0.255 e. The van der Waals surface area contributed by atoms with Gasteiger partial charge in [0, 0.05) is 37.3 Å². The highest BCUT2D eigenvalue weighted by Crippen LogP contribution is 2.37. The number of nitrogens with one attached hydrogen (secondary N) is 4. The van der Waals surface area contributed by atoms with Crippen molar-refractivity contribution in [3.63, 3.8) is 0 Å². The lowest BCUT2D eigenvalue weighted by molar-refractivity contribution is 0.102. The molecule has 0 bridgehead atoms. The Morgan fingerprint density at radius 1 is 0.968 bits per heavy atom. The third-order valence-electron chi connectivity index (χ3n) is 5.24. The summed E-state index contributed by atoms with van der Waals surface area (Å²) in [5.74, 6) is 0.562. The fraction of sp³-hybridized carbons (Fsp3) is 0. The summed E-state index contributed by atoms with van der Waals surface area (Å²) in [6.45, 7) is 0. The Morgan fingerprint density at radius 2 is 1.87 bits per heavy atom. The summed E-state index contributed by atoms with van der Waals surface area (Å²) in [5, 5.41) is 21.9. The molecule has 0 aliphatic heterocycles. The number of carbonyl (C=O) groups is 1. The zero-order valence-electron chi connectivity index (χ0n) is 16.1. The van der Waals surface area contributed by atoms with Crippen LogP contribution in [0.4, 0.5) is 5.69 Å². The van der Waals surface area contributed by atoms with Crippen LogP contribution in [0.2, 0.25) is 0 Å². The molecule has 0 spiro atoms. The predicted molar refractivity (Wildman–Crippen MR) is 123 cm³/mol. The van der Waals surface area contributed by atoms with Gasteiger partial charge in [0.05, 0.1) is 11.7 Å². The number of hydrogen-bond acceptors (Lipinski definition) is 4. The van der Waals surface area contributed by atoms with Gasteiger partial charge in [-0.3, -0.25) is 15.0 Å². The number of thiophene rings is 1. The fourth-order valence-corrected chi connectivity index (χ4v) is 4.78. The molecular formula is C23H16N6OS. The van der Waals surface area contributed by atoms with E-state index in [0.717, 1.165) is 32.7 Å². The van der Waals surface area contributed by atoms with Gasteiger partial charge >= 0.3 is 0 Å². The van der Waals surface area contributed by atoms with Gasteiger partial charge in [0.15, 0.2) is 5.82 Å². The van der Waals surface area contributed by atoms with Gasteiger partial charge in [0.2, 0.25) is 0 Å². The lowest BCUT2D eigenvalue weighted by atomic mass is 10.0. The van der Waals surface area contributed by atoms with Crippen molar-refractivity contribution < 1.29 is 4.79 Å². The van der Waals surface area contributed by atoms with Crippen LogP contribution in [-0.4, -0.2) is 31.5 Å². The first-order valence-electron chi connectivity index (χ1n) is 9.71. The molecule has 3 aromatic heterocycles. The largest absolute Gasteiger partial charge is 0.322 e. The van der Waals surface area contributed by atoms with Gasteiger partial charge in [-0.2, -0.15) is 5.10 Å². The van der Waals surface area contributed by atoms with E-state index in [4.69, 9.17) is 0 Å². The number of H-pyrrole nitrogens is 3. The van der Waals surface area contributed by atoms with Crippen LogP contribution in [0.3, 0.4) is 0 Å². The molecule has 3 heterocycles. The molecule has 7 nitrogen and oxygen atoms in total. The highest BCUT2D eigenvalue weighted by Gasteiger charge is 2.15. The van der Waals surface area contributed by atoms with Crippen LogP contribution in [-0.2, 0) is 0 Å². The topological polar surface area (TPSA) is 102 Å². The quantitative estimate of drug-likeness (QED) is 0.304. The van der Waals surface area contributed by atoms with E-state index in [9.17, 15) is 4.79 Å². The number of aromatic nitrogens is 5. The molecule has 150 valence electrons. The predicted octanol–water partition coefficient (Wildman–Crippen LogP) is 5.42. The molecule has 6 rings (SSSR count). The zero-order chi connectivity index (χ0) is 20.8. The maximum Gasteiger partial charge on any atom is 0.255 e. The van der Waals surface area contributed by atoms with Crippen molar-refractivity contribution in [2.75, 3.05) is 5.32 Å². The number of rotatable bonds is 4. The number of anilines is 1. The van der Waals surface area contributed by atoms with E-state index in [0.29, 0.717) is 11.3 Å². The van der Waals surface area contributed by atoms with Crippen molar-refractivity contribution in [3.8, 4) is 21.8 Å². The summed E-state index contributed by atoms with van der Waals surface area (Å²) in [6.07, 6.45) is 1.75. The van der Waals surface area contributed by atoms with Crippen LogP contribution < -0.4 is 5.32 Å². The summed E-state index contributed by atoms with van der Waals surface area (Å²) in [7, 11) is 0. The van der Waals surface area contributed by atoms with Gasteiger partial charge in [0.25, 0.3) is 5.91 Å². The molecule has 8 heteroatoms. The molecule has 0 aliphatic carbocycles. The average Bonchev–Trinajstić information content (AvgIpc) is 3.38. The monoisotopic (exact) mass is 424 g/mol. The van der Waals surface area contributed by atoms with E-state index in [1.165, 1.54) is 10.1 Å². The summed E-state index contributed by atoms with van der Waals surface area (Å²) in [5.41, 5.74) is 4.07. The van der Waals surface area contributed by atoms with Crippen LogP contribution in [0, 0.1) is 0 Å². The lowest BCUT2D eigenvalue weighted by Gasteiger charge is -2.10. The number of nitrogens with zero attached hydrogens (tertiary/aromatic N) is 2. The van der Waals surface area contributed by atoms with Gasteiger partial charge in [0.1, 0.15) is 0 Å². The number of carbonyl (C=O) groups excluding carboxylic acids is 1. The van der Waals surface area contributed by atoms with Crippen molar-refractivity contribution in [1.82, 2.24) is 25.6 Å². The normalized spacial score (nSPS) is 11.4. The van der Waals surface area contributed by atoms with Gasteiger partial charge in [-0.1, -0.05) is 30.3 Å². The Bertz CT molecular complexity index is 1510. The molecule has 3 aromatic carbocycles. The Kier molecular flexibility index (Phi) is 3.97. The van der Waals surface area contributed by atoms with Gasteiger partial charge in [-0.25, -0.2) is 5.21 Å². The highest BCUT2D eigenvalue weighted by atomic mass is 32.1. The Labute approximate surface area is 180 Å². The van der Waals surface area contributed by atoms with Gasteiger partial charge in [-0.05, 0) is 41.8 Å². The van der Waals surface area contributed by atoms with E-state index in [1.807, 2.05) is 48.5 Å². The van der Waals surface area contributed by atoms with Gasteiger partial charge in [-0.15, -0.1) is 16.4 Å². The maximum atomic E-state index is 13.1. The van der Waals surface area contributed by atoms with E-state index >= 15 is 0 Å². The molecule has 4 N–H and O–H groups in total. The Morgan fingerprint density at radius 3 is 2.71 bits per heavy atom. The zero-order valence-corrected chi connectivity index (χ0v) is 17.0. The van der Waals surface area contributed by atoms with Crippen LogP contribution in [0.5, 0.6) is 0 Å². The van der Waals surface area contributed by atoms with Crippen LogP contribution >= 0.6 is 11.3 Å². The molecule has 0 saturated heterocycles. The van der Waals surface area contributed by atoms with Crippen molar-refractivity contribution in [2.45, 2.75) is 0 Å². The minimum atomic E-state index is -0.177. The van der Waals surface area contributed by atoms with Crippen LogP contribution in [0.1, 0.15) is 10.4 Å².